The van der Waals surface area contributed by atoms with E-state index in [1.54, 1.807) is 0 Å². The van der Waals surface area contributed by atoms with Crippen molar-refractivity contribution >= 4 is 0 Å². The third kappa shape index (κ3) is 1.62. The Labute approximate surface area is 147 Å². The summed E-state index contributed by atoms with van der Waals surface area (Å²) in [6.07, 6.45) is 11.4. The van der Waals surface area contributed by atoms with Crippen LogP contribution in [0.1, 0.15) is 72.1 Å². The van der Waals surface area contributed by atoms with Crippen LogP contribution < -0.4 is 0 Å². The molecular weight excluding hydrogens is 296 g/mol. The van der Waals surface area contributed by atoms with Crippen molar-refractivity contribution in [2.45, 2.75) is 84.3 Å². The molecule has 1 spiro atoms. The van der Waals surface area contributed by atoms with Gasteiger partial charge in [0.15, 0.2) is 0 Å². The van der Waals surface area contributed by atoms with E-state index in [4.69, 9.17) is 4.74 Å². The summed E-state index contributed by atoms with van der Waals surface area (Å²) in [4.78, 5) is 0. The van der Waals surface area contributed by atoms with Crippen LogP contribution in [0.15, 0.2) is 0 Å². The Morgan fingerprint density at radius 2 is 1.83 bits per heavy atom. The number of fused-ring (bicyclic) bond motifs is 4. The zero-order valence-electron chi connectivity index (χ0n) is 16.1. The van der Waals surface area contributed by atoms with Gasteiger partial charge in [0.05, 0.1) is 12.2 Å². The van der Waals surface area contributed by atoms with Crippen LogP contribution in [0, 0.1) is 45.8 Å². The van der Waals surface area contributed by atoms with Crippen LogP contribution >= 0.6 is 0 Å². The molecule has 5 aliphatic rings. The van der Waals surface area contributed by atoms with Gasteiger partial charge in [-0.25, -0.2) is 0 Å². The monoisotopic (exact) mass is 332 g/mol. The summed E-state index contributed by atoms with van der Waals surface area (Å²) in [5.74, 6) is 4.07. The highest BCUT2D eigenvalue weighted by molar-refractivity contribution is 5.26. The third-order valence-corrected chi connectivity index (χ3v) is 10.5. The van der Waals surface area contributed by atoms with E-state index in [-0.39, 0.29) is 6.10 Å². The molecule has 5 aliphatic carbocycles. The highest BCUT2D eigenvalue weighted by Gasteiger charge is 2.77. The average molecular weight is 333 g/mol. The second kappa shape index (κ2) is 4.80. The van der Waals surface area contributed by atoms with Crippen molar-refractivity contribution in [3.63, 3.8) is 0 Å². The molecule has 10 atom stereocenters. The van der Waals surface area contributed by atoms with Gasteiger partial charge in [-0.2, -0.15) is 0 Å². The number of aliphatic hydroxyl groups excluding tert-OH is 1. The third-order valence-electron chi connectivity index (χ3n) is 10.5. The van der Waals surface area contributed by atoms with Crippen LogP contribution in [0.2, 0.25) is 0 Å². The molecule has 5 saturated carbocycles. The molecule has 0 radical (unpaired) electrons. The fourth-order valence-electron chi connectivity index (χ4n) is 9.41. The Morgan fingerprint density at radius 1 is 1.04 bits per heavy atom. The number of rotatable bonds is 2. The molecule has 2 heteroatoms. The van der Waals surface area contributed by atoms with E-state index in [2.05, 4.69) is 13.8 Å². The normalized spacial score (nSPS) is 62.4. The molecule has 2 nitrogen and oxygen atoms in total. The molecule has 0 aliphatic heterocycles. The summed E-state index contributed by atoms with van der Waals surface area (Å²) >= 11 is 0. The van der Waals surface area contributed by atoms with Crippen molar-refractivity contribution in [2.24, 2.45) is 45.8 Å². The van der Waals surface area contributed by atoms with Gasteiger partial charge in [-0.1, -0.05) is 13.8 Å². The van der Waals surface area contributed by atoms with Crippen LogP contribution in [0.25, 0.3) is 0 Å². The molecule has 5 rings (SSSR count). The van der Waals surface area contributed by atoms with Crippen molar-refractivity contribution in [2.75, 3.05) is 7.11 Å². The molecular formula is C22H36O2. The van der Waals surface area contributed by atoms with Crippen LogP contribution in [-0.2, 0) is 4.74 Å². The van der Waals surface area contributed by atoms with Gasteiger partial charge in [-0.3, -0.25) is 0 Å². The molecule has 5 fully saturated rings. The predicted octanol–water partition coefficient (Wildman–Crippen LogP) is 4.65. The average Bonchev–Trinajstić information content (AvgIpc) is 3.04. The van der Waals surface area contributed by atoms with Crippen molar-refractivity contribution in [1.82, 2.24) is 0 Å². The van der Waals surface area contributed by atoms with Crippen LogP contribution in [0.3, 0.4) is 0 Å². The number of hydrogen-bond donors (Lipinski definition) is 1. The first-order valence-electron chi connectivity index (χ1n) is 10.6. The maximum absolute atomic E-state index is 10.4. The van der Waals surface area contributed by atoms with Gasteiger partial charge in [0.25, 0.3) is 0 Å². The quantitative estimate of drug-likeness (QED) is 0.797. The lowest BCUT2D eigenvalue weighted by Crippen LogP contribution is -2.57. The molecule has 136 valence electrons. The maximum Gasteiger partial charge on any atom is 0.0638 e. The first-order chi connectivity index (χ1) is 11.4. The lowest BCUT2D eigenvalue weighted by molar-refractivity contribution is -0.162. The molecule has 0 saturated heterocycles. The van der Waals surface area contributed by atoms with Crippen molar-refractivity contribution in [3.05, 3.63) is 0 Å². The van der Waals surface area contributed by atoms with Crippen molar-refractivity contribution in [1.29, 1.82) is 0 Å². The summed E-state index contributed by atoms with van der Waals surface area (Å²) in [6, 6.07) is 0. The Kier molecular flexibility index (Phi) is 3.22. The molecule has 1 N–H and O–H groups in total. The van der Waals surface area contributed by atoms with Gasteiger partial charge in [-0.05, 0) is 98.7 Å². The highest BCUT2D eigenvalue weighted by Crippen LogP contribution is 2.82. The van der Waals surface area contributed by atoms with E-state index >= 15 is 0 Å². The Balaban J connectivity index is 1.52. The highest BCUT2D eigenvalue weighted by atomic mass is 16.5. The molecule has 0 amide bonds. The van der Waals surface area contributed by atoms with E-state index in [0.717, 1.165) is 23.7 Å². The SMILES string of the molecule is COC1C[C@H]2[C@@H]3CC[C@H]([C@H](C)O)[C@@]3(C)CC[C@@H]2[C@@]2(C)CCC3C[C@]312. The van der Waals surface area contributed by atoms with Crippen molar-refractivity contribution < 1.29 is 9.84 Å². The van der Waals surface area contributed by atoms with E-state index in [9.17, 15) is 5.11 Å². The molecule has 0 aromatic rings. The van der Waals surface area contributed by atoms with Crippen LogP contribution in [0.4, 0.5) is 0 Å². The fourth-order valence-corrected chi connectivity index (χ4v) is 9.41. The summed E-state index contributed by atoms with van der Waals surface area (Å²) in [5, 5.41) is 10.4. The number of methoxy groups -OCH3 is 1. The minimum absolute atomic E-state index is 0.139. The minimum Gasteiger partial charge on any atom is -0.393 e. The summed E-state index contributed by atoms with van der Waals surface area (Å²) in [6.45, 7) is 7.19. The molecule has 0 aromatic carbocycles. The number of hydrogen-bond acceptors (Lipinski definition) is 2. The minimum atomic E-state index is -0.139. The van der Waals surface area contributed by atoms with Gasteiger partial charge in [0.1, 0.15) is 0 Å². The molecule has 0 aromatic heterocycles. The number of ether oxygens (including phenoxy) is 1. The molecule has 0 bridgehead atoms. The topological polar surface area (TPSA) is 29.5 Å². The largest absolute Gasteiger partial charge is 0.393 e. The smallest absolute Gasteiger partial charge is 0.0638 e. The molecule has 0 heterocycles. The predicted molar refractivity (Wildman–Crippen MR) is 95.5 cm³/mol. The first-order valence-corrected chi connectivity index (χ1v) is 10.6. The lowest BCUT2D eigenvalue weighted by atomic mass is 9.45. The Bertz CT molecular complexity index is 544. The van der Waals surface area contributed by atoms with E-state index < -0.39 is 0 Å². The number of aliphatic hydroxyl groups is 1. The maximum atomic E-state index is 10.4. The Morgan fingerprint density at radius 3 is 2.50 bits per heavy atom. The molecule has 2 unspecified atom stereocenters. The van der Waals surface area contributed by atoms with E-state index in [1.807, 2.05) is 14.0 Å². The molecule has 24 heavy (non-hydrogen) atoms. The van der Waals surface area contributed by atoms with Crippen LogP contribution in [-0.4, -0.2) is 24.4 Å². The zero-order valence-corrected chi connectivity index (χ0v) is 16.1. The summed E-state index contributed by atoms with van der Waals surface area (Å²) in [7, 11) is 1.98. The lowest BCUT2D eigenvalue weighted by Gasteiger charge is -2.60. The summed E-state index contributed by atoms with van der Waals surface area (Å²) in [5.41, 5.74) is 1.44. The van der Waals surface area contributed by atoms with E-state index in [0.29, 0.717) is 28.3 Å². The van der Waals surface area contributed by atoms with Gasteiger partial charge in [0.2, 0.25) is 0 Å². The van der Waals surface area contributed by atoms with Crippen LogP contribution in [0.5, 0.6) is 0 Å². The van der Waals surface area contributed by atoms with E-state index in [1.165, 1.54) is 51.4 Å². The van der Waals surface area contributed by atoms with Gasteiger partial charge < -0.3 is 9.84 Å². The van der Waals surface area contributed by atoms with Gasteiger partial charge in [-0.15, -0.1) is 0 Å². The standard InChI is InChI=1S/C22H36O2/c1-13(23)16-5-6-17-15-11-19(24-4)22-12-14(22)7-10-21(22,3)18(15)8-9-20(16,17)2/h13-19,23H,5-12H2,1-4H3/t13-,14?,15-,16+,17-,18-,19?,20+,21+,22-/m0/s1. The first kappa shape index (κ1) is 16.1. The summed E-state index contributed by atoms with van der Waals surface area (Å²) < 4.78 is 6.17. The zero-order chi connectivity index (χ0) is 16.9. The van der Waals surface area contributed by atoms with Gasteiger partial charge >= 0.3 is 0 Å². The van der Waals surface area contributed by atoms with Crippen molar-refractivity contribution in [3.8, 4) is 0 Å². The van der Waals surface area contributed by atoms with Gasteiger partial charge in [0, 0.05) is 12.5 Å². The second-order valence-electron chi connectivity index (χ2n) is 10.7. The fraction of sp³-hybridized carbons (Fsp3) is 1.00. The Hall–Kier alpha value is -0.0800. The second-order valence-corrected chi connectivity index (χ2v) is 10.7.